The van der Waals surface area contributed by atoms with Gasteiger partial charge in [-0.2, -0.15) is 0 Å². The summed E-state index contributed by atoms with van der Waals surface area (Å²) in [5.74, 6) is 0.614. The molecule has 0 aliphatic carbocycles. The fraction of sp³-hybridized carbons (Fsp3) is 0.222. The number of hydrogen-bond donors (Lipinski definition) is 2. The zero-order valence-corrected chi connectivity index (χ0v) is 14.6. The van der Waals surface area contributed by atoms with Crippen LogP contribution in [0, 0.1) is 13.8 Å². The van der Waals surface area contributed by atoms with Gasteiger partial charge in [0, 0.05) is 10.7 Å². The number of rotatable bonds is 4. The maximum absolute atomic E-state index is 12.1. The van der Waals surface area contributed by atoms with Crippen molar-refractivity contribution in [3.63, 3.8) is 0 Å². The Kier molecular flexibility index (Phi) is 4.81. The van der Waals surface area contributed by atoms with Crippen LogP contribution in [0.5, 0.6) is 11.5 Å². The number of aryl methyl sites for hydroxylation is 2. The predicted octanol–water partition coefficient (Wildman–Crippen LogP) is 3.31. The molecule has 0 bridgehead atoms. The maximum Gasteiger partial charge on any atom is 0.262 e. The molecule has 1 aliphatic heterocycles. The van der Waals surface area contributed by atoms with Gasteiger partial charge in [-0.1, -0.05) is 11.6 Å². The zero-order valence-electron chi connectivity index (χ0n) is 13.8. The summed E-state index contributed by atoms with van der Waals surface area (Å²) in [6.07, 6.45) is 0. The molecule has 0 atom stereocenters. The van der Waals surface area contributed by atoms with Gasteiger partial charge >= 0.3 is 0 Å². The highest BCUT2D eigenvalue weighted by molar-refractivity contribution is 6.32. The second-order valence-electron chi connectivity index (χ2n) is 5.76. The number of halogens is 1. The molecule has 2 aromatic rings. The number of ether oxygens (including phenoxy) is 2. The molecule has 2 aromatic carbocycles. The van der Waals surface area contributed by atoms with Gasteiger partial charge in [-0.25, -0.2) is 0 Å². The van der Waals surface area contributed by atoms with Crippen LogP contribution in [0.1, 0.15) is 11.1 Å². The van der Waals surface area contributed by atoms with E-state index in [1.807, 2.05) is 13.8 Å². The Balaban J connectivity index is 1.61. The van der Waals surface area contributed by atoms with Gasteiger partial charge < -0.3 is 20.1 Å². The molecule has 2 amide bonds. The van der Waals surface area contributed by atoms with Crippen molar-refractivity contribution in [3.8, 4) is 11.5 Å². The zero-order chi connectivity index (χ0) is 18.0. The van der Waals surface area contributed by atoms with E-state index >= 15 is 0 Å². The average Bonchev–Trinajstić information content (AvgIpc) is 2.57. The first-order valence-corrected chi connectivity index (χ1v) is 8.06. The third kappa shape index (κ3) is 4.03. The molecular weight excluding hydrogens is 344 g/mol. The molecule has 0 saturated carbocycles. The van der Waals surface area contributed by atoms with Crippen LogP contribution in [0.15, 0.2) is 30.3 Å². The lowest BCUT2D eigenvalue weighted by atomic mass is 10.1. The smallest absolute Gasteiger partial charge is 0.262 e. The summed E-state index contributed by atoms with van der Waals surface area (Å²) < 4.78 is 10.8. The fourth-order valence-electron chi connectivity index (χ4n) is 2.50. The number of anilines is 2. The quantitative estimate of drug-likeness (QED) is 0.877. The molecular formula is C18H17ClN2O4. The van der Waals surface area contributed by atoms with Crippen molar-refractivity contribution in [1.29, 1.82) is 0 Å². The number of benzene rings is 2. The number of amides is 2. The van der Waals surface area contributed by atoms with E-state index in [0.29, 0.717) is 27.9 Å². The van der Waals surface area contributed by atoms with Gasteiger partial charge in [0.2, 0.25) is 0 Å². The highest BCUT2D eigenvalue weighted by atomic mass is 35.5. The van der Waals surface area contributed by atoms with E-state index in [1.54, 1.807) is 30.3 Å². The Labute approximate surface area is 150 Å². The normalized spacial score (nSPS) is 12.7. The highest BCUT2D eigenvalue weighted by Crippen LogP contribution is 2.30. The molecule has 3 rings (SSSR count). The van der Waals surface area contributed by atoms with Gasteiger partial charge in [0.05, 0.1) is 5.69 Å². The molecule has 0 spiro atoms. The van der Waals surface area contributed by atoms with Gasteiger partial charge in [-0.05, 0) is 55.3 Å². The summed E-state index contributed by atoms with van der Waals surface area (Å²) in [5.41, 5.74) is 2.85. The van der Waals surface area contributed by atoms with Gasteiger partial charge in [0.25, 0.3) is 11.8 Å². The van der Waals surface area contributed by atoms with Gasteiger partial charge in [-0.15, -0.1) is 0 Å². The number of fused-ring (bicyclic) bond motifs is 1. The predicted molar refractivity (Wildman–Crippen MR) is 95.6 cm³/mol. The largest absolute Gasteiger partial charge is 0.484 e. The summed E-state index contributed by atoms with van der Waals surface area (Å²) in [5, 5.41) is 6.10. The molecule has 1 heterocycles. The average molecular weight is 361 g/mol. The van der Waals surface area contributed by atoms with Gasteiger partial charge in [-0.3, -0.25) is 9.59 Å². The molecule has 7 heteroatoms. The van der Waals surface area contributed by atoms with E-state index in [4.69, 9.17) is 21.1 Å². The van der Waals surface area contributed by atoms with E-state index in [2.05, 4.69) is 10.6 Å². The first kappa shape index (κ1) is 17.1. The fourth-order valence-corrected chi connectivity index (χ4v) is 2.61. The van der Waals surface area contributed by atoms with E-state index in [-0.39, 0.29) is 25.0 Å². The summed E-state index contributed by atoms with van der Waals surface area (Å²) in [6, 6.07) is 8.60. The van der Waals surface area contributed by atoms with Gasteiger partial charge in [0.1, 0.15) is 11.5 Å². The van der Waals surface area contributed by atoms with Crippen LogP contribution in [0.3, 0.4) is 0 Å². The SMILES string of the molecule is Cc1cc(OCC(=O)Nc2ccc3c(c2)NC(=O)CO3)cc(C)c1Cl. The minimum atomic E-state index is -0.312. The van der Waals surface area contributed by atoms with Crippen molar-refractivity contribution in [3.05, 3.63) is 46.5 Å². The minimum Gasteiger partial charge on any atom is -0.484 e. The number of carbonyl (C=O) groups excluding carboxylic acids is 2. The third-order valence-corrected chi connectivity index (χ3v) is 4.27. The van der Waals surface area contributed by atoms with Crippen LogP contribution in [-0.2, 0) is 9.59 Å². The van der Waals surface area contributed by atoms with Crippen LogP contribution in [0.2, 0.25) is 5.02 Å². The Morgan fingerprint density at radius 1 is 1.28 bits per heavy atom. The van der Waals surface area contributed by atoms with E-state index in [1.165, 1.54) is 0 Å². The molecule has 0 unspecified atom stereocenters. The number of carbonyl (C=O) groups is 2. The summed E-state index contributed by atoms with van der Waals surface area (Å²) >= 11 is 6.11. The Bertz CT molecular complexity index is 828. The Hall–Kier alpha value is -2.73. The van der Waals surface area contributed by atoms with Crippen molar-refractivity contribution in [2.45, 2.75) is 13.8 Å². The van der Waals surface area contributed by atoms with E-state index in [9.17, 15) is 9.59 Å². The van der Waals surface area contributed by atoms with Crippen LogP contribution in [-0.4, -0.2) is 25.0 Å². The molecule has 2 N–H and O–H groups in total. The van der Waals surface area contributed by atoms with Crippen LogP contribution >= 0.6 is 11.6 Å². The standard InChI is InChI=1S/C18H17ClN2O4/c1-10-5-13(6-11(2)18(10)19)24-8-16(22)20-12-3-4-15-14(7-12)21-17(23)9-25-15/h3-7H,8-9H2,1-2H3,(H,20,22)(H,21,23). The second kappa shape index (κ2) is 7.03. The first-order valence-electron chi connectivity index (χ1n) is 7.68. The van der Waals surface area contributed by atoms with Crippen molar-refractivity contribution >= 4 is 34.8 Å². The lowest BCUT2D eigenvalue weighted by Gasteiger charge is -2.18. The van der Waals surface area contributed by atoms with Crippen molar-refractivity contribution in [1.82, 2.24) is 0 Å². The lowest BCUT2D eigenvalue weighted by molar-refractivity contribution is -0.119. The van der Waals surface area contributed by atoms with E-state index < -0.39 is 0 Å². The maximum atomic E-state index is 12.1. The number of nitrogens with one attached hydrogen (secondary N) is 2. The topological polar surface area (TPSA) is 76.7 Å². The minimum absolute atomic E-state index is 0.00747. The molecule has 0 radical (unpaired) electrons. The van der Waals surface area contributed by atoms with Crippen molar-refractivity contribution < 1.29 is 19.1 Å². The molecule has 0 fully saturated rings. The van der Waals surface area contributed by atoms with Gasteiger partial charge in [0.15, 0.2) is 13.2 Å². The van der Waals surface area contributed by atoms with Crippen LogP contribution < -0.4 is 20.1 Å². The van der Waals surface area contributed by atoms with Crippen LogP contribution in [0.4, 0.5) is 11.4 Å². The Morgan fingerprint density at radius 2 is 2.00 bits per heavy atom. The molecule has 0 saturated heterocycles. The third-order valence-electron chi connectivity index (χ3n) is 3.68. The molecule has 25 heavy (non-hydrogen) atoms. The number of hydrogen-bond acceptors (Lipinski definition) is 4. The lowest BCUT2D eigenvalue weighted by Crippen LogP contribution is -2.25. The monoisotopic (exact) mass is 360 g/mol. The van der Waals surface area contributed by atoms with Crippen molar-refractivity contribution in [2.24, 2.45) is 0 Å². The second-order valence-corrected chi connectivity index (χ2v) is 6.13. The molecule has 6 nitrogen and oxygen atoms in total. The Morgan fingerprint density at radius 3 is 2.72 bits per heavy atom. The van der Waals surface area contributed by atoms with Crippen LogP contribution in [0.25, 0.3) is 0 Å². The summed E-state index contributed by atoms with van der Waals surface area (Å²) in [4.78, 5) is 23.4. The first-order chi connectivity index (χ1) is 11.9. The molecule has 1 aliphatic rings. The van der Waals surface area contributed by atoms with E-state index in [0.717, 1.165) is 11.1 Å². The highest BCUT2D eigenvalue weighted by Gasteiger charge is 2.16. The van der Waals surface area contributed by atoms with Crippen molar-refractivity contribution in [2.75, 3.05) is 23.8 Å². The molecule has 130 valence electrons. The molecule has 0 aromatic heterocycles. The summed E-state index contributed by atoms with van der Waals surface area (Å²) in [7, 11) is 0. The summed E-state index contributed by atoms with van der Waals surface area (Å²) in [6.45, 7) is 3.62.